The van der Waals surface area contributed by atoms with Crippen LogP contribution < -0.4 is 10.2 Å². The number of amides is 1. The summed E-state index contributed by atoms with van der Waals surface area (Å²) in [4.78, 5) is 13.9. The van der Waals surface area contributed by atoms with Crippen LogP contribution in [0.4, 0.5) is 11.4 Å². The Labute approximate surface area is 144 Å². The molecule has 0 radical (unpaired) electrons. The molecule has 4 heteroatoms. The van der Waals surface area contributed by atoms with Gasteiger partial charge in [-0.25, -0.2) is 0 Å². The van der Waals surface area contributed by atoms with E-state index in [0.29, 0.717) is 0 Å². The van der Waals surface area contributed by atoms with E-state index in [1.54, 1.807) is 6.92 Å². The highest BCUT2D eigenvalue weighted by atomic mass is 127. The van der Waals surface area contributed by atoms with E-state index < -0.39 is 0 Å². The van der Waals surface area contributed by atoms with Gasteiger partial charge in [-0.2, -0.15) is 0 Å². The molecule has 22 heavy (non-hydrogen) atoms. The number of carbonyl (C=O) groups is 1. The number of benzene rings is 2. The van der Waals surface area contributed by atoms with Crippen LogP contribution in [0.1, 0.15) is 31.9 Å². The van der Waals surface area contributed by atoms with Gasteiger partial charge in [0, 0.05) is 27.9 Å². The predicted molar refractivity (Wildman–Crippen MR) is 99.2 cm³/mol. The van der Waals surface area contributed by atoms with Gasteiger partial charge in [0.1, 0.15) is 0 Å². The first-order valence-corrected chi connectivity index (χ1v) is 8.55. The summed E-state index contributed by atoms with van der Waals surface area (Å²) in [5.41, 5.74) is 3.34. The van der Waals surface area contributed by atoms with Crippen molar-refractivity contribution in [2.75, 3.05) is 10.2 Å². The molecule has 0 bridgehead atoms. The number of rotatable bonds is 2. The van der Waals surface area contributed by atoms with Gasteiger partial charge in [-0.1, -0.05) is 18.2 Å². The second-order valence-corrected chi connectivity index (χ2v) is 6.99. The number of fused-ring (bicyclic) bond motifs is 1. The van der Waals surface area contributed by atoms with Gasteiger partial charge >= 0.3 is 0 Å². The molecule has 0 unspecified atom stereocenters. The van der Waals surface area contributed by atoms with Gasteiger partial charge in [0.15, 0.2) is 0 Å². The first kappa shape index (κ1) is 15.3. The van der Waals surface area contributed by atoms with Gasteiger partial charge in [-0.15, -0.1) is 0 Å². The summed E-state index contributed by atoms with van der Waals surface area (Å²) in [6.45, 7) is 3.76. The van der Waals surface area contributed by atoms with Crippen LogP contribution in [0.2, 0.25) is 0 Å². The van der Waals surface area contributed by atoms with E-state index in [2.05, 4.69) is 65.2 Å². The van der Waals surface area contributed by atoms with Crippen LogP contribution >= 0.6 is 22.6 Å². The van der Waals surface area contributed by atoms with E-state index in [1.165, 1.54) is 9.13 Å². The Morgan fingerprint density at radius 3 is 2.64 bits per heavy atom. The highest BCUT2D eigenvalue weighted by molar-refractivity contribution is 14.1. The number of nitrogens with zero attached hydrogens (tertiary/aromatic N) is 1. The summed E-state index contributed by atoms with van der Waals surface area (Å²) in [6, 6.07) is 17.0. The largest absolute Gasteiger partial charge is 0.378 e. The van der Waals surface area contributed by atoms with Crippen molar-refractivity contribution in [3.05, 3.63) is 57.7 Å². The fraction of sp³-hybridized carbons (Fsp3) is 0.278. The molecule has 2 atom stereocenters. The molecular formula is C18H19IN2O. The zero-order valence-corrected chi connectivity index (χ0v) is 14.9. The first-order valence-electron chi connectivity index (χ1n) is 7.47. The molecule has 0 spiro atoms. The number of carbonyl (C=O) groups excluding carboxylic acids is 1. The number of anilines is 2. The lowest BCUT2D eigenvalue weighted by atomic mass is 9.91. The van der Waals surface area contributed by atoms with Crippen molar-refractivity contribution >= 4 is 39.9 Å². The molecule has 2 aromatic rings. The molecular weight excluding hydrogens is 387 g/mol. The molecule has 2 aromatic carbocycles. The van der Waals surface area contributed by atoms with Gasteiger partial charge in [0.05, 0.1) is 6.04 Å². The Bertz CT molecular complexity index is 687. The number of halogens is 1. The molecule has 0 saturated heterocycles. The smallest absolute Gasteiger partial charge is 0.224 e. The highest BCUT2D eigenvalue weighted by Crippen LogP contribution is 2.39. The molecule has 114 valence electrons. The molecule has 0 fully saturated rings. The molecule has 1 aliphatic heterocycles. The van der Waals surface area contributed by atoms with Crippen molar-refractivity contribution < 1.29 is 4.79 Å². The lowest BCUT2D eigenvalue weighted by Gasteiger charge is -2.39. The molecule has 0 saturated carbocycles. The maximum absolute atomic E-state index is 12.0. The summed E-state index contributed by atoms with van der Waals surface area (Å²) in [6.07, 6.45) is 0.904. The van der Waals surface area contributed by atoms with Crippen LogP contribution in [0.25, 0.3) is 0 Å². The van der Waals surface area contributed by atoms with Crippen molar-refractivity contribution in [2.45, 2.75) is 32.4 Å². The number of hydrogen-bond acceptors (Lipinski definition) is 2. The third-order valence-electron chi connectivity index (χ3n) is 4.10. The second kappa shape index (κ2) is 6.28. The van der Waals surface area contributed by atoms with Crippen LogP contribution in [0, 0.1) is 3.57 Å². The number of para-hydroxylation sites is 1. The lowest BCUT2D eigenvalue weighted by Crippen LogP contribution is -2.43. The Morgan fingerprint density at radius 2 is 1.95 bits per heavy atom. The fourth-order valence-electron chi connectivity index (χ4n) is 3.19. The maximum atomic E-state index is 12.0. The van der Waals surface area contributed by atoms with Crippen LogP contribution in [0.5, 0.6) is 0 Å². The quantitative estimate of drug-likeness (QED) is 0.741. The average Bonchev–Trinajstić information content (AvgIpc) is 2.48. The Hall–Kier alpha value is -1.56. The Balaban J connectivity index is 2.00. The third-order valence-corrected chi connectivity index (χ3v) is 4.77. The van der Waals surface area contributed by atoms with Gasteiger partial charge in [0.25, 0.3) is 0 Å². The average molecular weight is 406 g/mol. The molecule has 1 heterocycles. The number of hydrogen-bond donors (Lipinski definition) is 1. The van der Waals surface area contributed by atoms with Crippen LogP contribution in [-0.4, -0.2) is 11.9 Å². The monoisotopic (exact) mass is 406 g/mol. The summed E-state index contributed by atoms with van der Waals surface area (Å²) in [5, 5.41) is 3.61. The van der Waals surface area contributed by atoms with Gasteiger partial charge in [0.2, 0.25) is 5.91 Å². The minimum absolute atomic E-state index is 0.105. The molecule has 0 aromatic heterocycles. The Morgan fingerprint density at radius 1 is 1.23 bits per heavy atom. The molecule has 1 aliphatic rings. The molecule has 1 N–H and O–H groups in total. The van der Waals surface area contributed by atoms with Crippen LogP contribution in [0.15, 0.2) is 48.5 Å². The standard InChI is InChI=1S/C18H19IN2O/c1-12-10-17(20-15-6-4-3-5-7-15)16-11-14(19)8-9-18(16)21(12)13(2)22/h3-9,11-12,17,20H,10H2,1-2H3/t12-,17+/m0/s1. The van der Waals surface area contributed by atoms with Crippen molar-refractivity contribution in [3.63, 3.8) is 0 Å². The second-order valence-electron chi connectivity index (χ2n) is 5.74. The van der Waals surface area contributed by atoms with E-state index >= 15 is 0 Å². The zero-order valence-electron chi connectivity index (χ0n) is 12.7. The van der Waals surface area contributed by atoms with E-state index in [4.69, 9.17) is 0 Å². The van der Waals surface area contributed by atoms with Crippen molar-refractivity contribution in [1.29, 1.82) is 0 Å². The normalized spacial score (nSPS) is 20.4. The van der Waals surface area contributed by atoms with Crippen LogP contribution in [-0.2, 0) is 4.79 Å². The zero-order chi connectivity index (χ0) is 15.7. The fourth-order valence-corrected chi connectivity index (χ4v) is 3.70. The van der Waals surface area contributed by atoms with E-state index in [0.717, 1.165) is 17.8 Å². The summed E-state index contributed by atoms with van der Waals surface area (Å²) < 4.78 is 1.19. The van der Waals surface area contributed by atoms with Crippen molar-refractivity contribution in [3.8, 4) is 0 Å². The van der Waals surface area contributed by atoms with Crippen LogP contribution in [0.3, 0.4) is 0 Å². The molecule has 1 amide bonds. The van der Waals surface area contributed by atoms with Gasteiger partial charge in [-0.05, 0) is 71.8 Å². The summed E-state index contributed by atoms with van der Waals surface area (Å²) in [7, 11) is 0. The minimum Gasteiger partial charge on any atom is -0.378 e. The SMILES string of the molecule is CC(=O)N1c2ccc(I)cc2[C@H](Nc2ccccc2)C[C@@H]1C. The lowest BCUT2D eigenvalue weighted by molar-refractivity contribution is -0.117. The molecule has 3 rings (SSSR count). The minimum atomic E-state index is 0.105. The summed E-state index contributed by atoms with van der Waals surface area (Å²) in [5.74, 6) is 0.105. The predicted octanol–water partition coefficient (Wildman–Crippen LogP) is 4.59. The molecule has 0 aliphatic carbocycles. The Kier molecular flexibility index (Phi) is 4.38. The first-order chi connectivity index (χ1) is 10.6. The van der Waals surface area contributed by atoms with Gasteiger partial charge < -0.3 is 10.2 Å². The topological polar surface area (TPSA) is 32.3 Å². The molecule has 3 nitrogen and oxygen atoms in total. The van der Waals surface area contributed by atoms with E-state index in [9.17, 15) is 4.79 Å². The number of nitrogens with one attached hydrogen (secondary N) is 1. The van der Waals surface area contributed by atoms with Gasteiger partial charge in [-0.3, -0.25) is 4.79 Å². The van der Waals surface area contributed by atoms with Crippen molar-refractivity contribution in [1.82, 2.24) is 0 Å². The van der Waals surface area contributed by atoms with E-state index in [1.807, 2.05) is 23.1 Å². The van der Waals surface area contributed by atoms with Crippen molar-refractivity contribution in [2.24, 2.45) is 0 Å². The third kappa shape index (κ3) is 2.97. The maximum Gasteiger partial charge on any atom is 0.224 e. The summed E-state index contributed by atoms with van der Waals surface area (Å²) >= 11 is 2.33. The highest BCUT2D eigenvalue weighted by Gasteiger charge is 2.32. The van der Waals surface area contributed by atoms with E-state index in [-0.39, 0.29) is 18.0 Å².